The molecule has 1 aromatic carbocycles. The SMILES string of the molecule is CCCSCCCNC(=O)CN1C(=O)c2cccnc2Oc2ccc(Cl)cc21. The lowest BCUT2D eigenvalue weighted by Gasteiger charge is -2.21. The molecule has 0 fully saturated rings. The van der Waals surface area contributed by atoms with Gasteiger partial charge in [-0.15, -0.1) is 0 Å². The summed E-state index contributed by atoms with van der Waals surface area (Å²) in [7, 11) is 0. The summed E-state index contributed by atoms with van der Waals surface area (Å²) in [6, 6.07) is 8.26. The molecule has 3 rings (SSSR count). The van der Waals surface area contributed by atoms with E-state index in [0.717, 1.165) is 24.3 Å². The largest absolute Gasteiger partial charge is 0.436 e. The van der Waals surface area contributed by atoms with Gasteiger partial charge in [0.1, 0.15) is 12.1 Å². The van der Waals surface area contributed by atoms with Gasteiger partial charge in [-0.1, -0.05) is 18.5 Å². The molecule has 28 heavy (non-hydrogen) atoms. The van der Waals surface area contributed by atoms with Crippen LogP contribution < -0.4 is 15.0 Å². The fraction of sp³-hybridized carbons (Fsp3) is 0.350. The maximum atomic E-state index is 13.1. The predicted octanol–water partition coefficient (Wildman–Crippen LogP) is 4.14. The minimum absolute atomic E-state index is 0.119. The second kappa shape index (κ2) is 9.80. The monoisotopic (exact) mass is 419 g/mol. The van der Waals surface area contributed by atoms with Gasteiger partial charge in [-0.25, -0.2) is 4.98 Å². The molecule has 2 amide bonds. The molecule has 0 radical (unpaired) electrons. The highest BCUT2D eigenvalue weighted by Crippen LogP contribution is 2.39. The van der Waals surface area contributed by atoms with E-state index in [1.54, 1.807) is 36.5 Å². The van der Waals surface area contributed by atoms with Crippen molar-refractivity contribution in [3.63, 3.8) is 0 Å². The number of halogens is 1. The smallest absolute Gasteiger partial charge is 0.264 e. The summed E-state index contributed by atoms with van der Waals surface area (Å²) in [5.41, 5.74) is 0.753. The van der Waals surface area contributed by atoms with Crippen LogP contribution in [0.1, 0.15) is 30.1 Å². The summed E-state index contributed by atoms with van der Waals surface area (Å²) in [6.45, 7) is 2.61. The van der Waals surface area contributed by atoms with Gasteiger partial charge in [-0.2, -0.15) is 11.8 Å². The number of carbonyl (C=O) groups is 2. The Bertz CT molecular complexity index is 862. The molecule has 0 spiro atoms. The van der Waals surface area contributed by atoms with E-state index >= 15 is 0 Å². The minimum atomic E-state index is -0.349. The molecule has 8 heteroatoms. The molecular formula is C20H22ClN3O3S. The third-order valence-corrected chi connectivity index (χ3v) is 5.61. The van der Waals surface area contributed by atoms with Crippen LogP contribution in [0.15, 0.2) is 36.5 Å². The summed E-state index contributed by atoms with van der Waals surface area (Å²) >= 11 is 8.00. The number of rotatable bonds is 8. The minimum Gasteiger partial charge on any atom is -0.436 e. The zero-order chi connectivity index (χ0) is 19.9. The predicted molar refractivity (Wildman–Crippen MR) is 113 cm³/mol. The Morgan fingerprint density at radius 1 is 1.32 bits per heavy atom. The number of benzene rings is 1. The molecular weight excluding hydrogens is 398 g/mol. The van der Waals surface area contributed by atoms with Gasteiger partial charge in [0, 0.05) is 17.8 Å². The molecule has 1 aliphatic heterocycles. The van der Waals surface area contributed by atoms with E-state index in [1.165, 1.54) is 4.90 Å². The summed E-state index contributed by atoms with van der Waals surface area (Å²) in [5.74, 6) is 2.19. The zero-order valence-electron chi connectivity index (χ0n) is 15.6. The molecule has 2 heterocycles. The summed E-state index contributed by atoms with van der Waals surface area (Å²) < 4.78 is 5.81. The van der Waals surface area contributed by atoms with Crippen LogP contribution in [0.4, 0.5) is 5.69 Å². The number of hydrogen-bond donors (Lipinski definition) is 1. The number of ether oxygens (including phenoxy) is 1. The van der Waals surface area contributed by atoms with Crippen LogP contribution in [0, 0.1) is 0 Å². The zero-order valence-corrected chi connectivity index (χ0v) is 17.2. The van der Waals surface area contributed by atoms with Crippen molar-refractivity contribution in [2.75, 3.05) is 29.5 Å². The third-order valence-electron chi connectivity index (χ3n) is 4.10. The first-order valence-electron chi connectivity index (χ1n) is 9.19. The molecule has 0 saturated heterocycles. The Labute approximate surface area is 173 Å². The van der Waals surface area contributed by atoms with Crippen LogP contribution >= 0.6 is 23.4 Å². The lowest BCUT2D eigenvalue weighted by Crippen LogP contribution is -2.41. The summed E-state index contributed by atoms with van der Waals surface area (Å²) in [6.07, 6.45) is 3.59. The number of amides is 2. The van der Waals surface area contributed by atoms with Gasteiger partial charge in [0.15, 0.2) is 5.75 Å². The molecule has 0 aliphatic carbocycles. The van der Waals surface area contributed by atoms with Crippen molar-refractivity contribution in [3.05, 3.63) is 47.1 Å². The first-order valence-corrected chi connectivity index (χ1v) is 10.7. The Morgan fingerprint density at radius 2 is 2.18 bits per heavy atom. The molecule has 2 aromatic rings. The average molecular weight is 420 g/mol. The van der Waals surface area contributed by atoms with Gasteiger partial charge < -0.3 is 10.1 Å². The van der Waals surface area contributed by atoms with E-state index in [4.69, 9.17) is 16.3 Å². The third kappa shape index (κ3) is 4.97. The highest BCUT2D eigenvalue weighted by atomic mass is 35.5. The van der Waals surface area contributed by atoms with E-state index in [0.29, 0.717) is 28.6 Å². The fourth-order valence-electron chi connectivity index (χ4n) is 2.79. The fourth-order valence-corrected chi connectivity index (χ4v) is 3.79. The van der Waals surface area contributed by atoms with Crippen LogP contribution in [0.2, 0.25) is 5.02 Å². The number of fused-ring (bicyclic) bond motifs is 2. The van der Waals surface area contributed by atoms with E-state index in [2.05, 4.69) is 17.2 Å². The molecule has 0 bridgehead atoms. The molecule has 148 valence electrons. The van der Waals surface area contributed by atoms with Crippen LogP contribution in [0.5, 0.6) is 11.6 Å². The normalized spacial score (nSPS) is 12.6. The number of nitrogens with one attached hydrogen (secondary N) is 1. The lowest BCUT2D eigenvalue weighted by atomic mass is 10.2. The van der Waals surface area contributed by atoms with Crippen molar-refractivity contribution >= 4 is 40.9 Å². The summed E-state index contributed by atoms with van der Waals surface area (Å²) in [4.78, 5) is 31.1. The number of thioether (sulfide) groups is 1. The van der Waals surface area contributed by atoms with E-state index in [9.17, 15) is 9.59 Å². The first kappa shape index (κ1) is 20.5. The van der Waals surface area contributed by atoms with Gasteiger partial charge in [0.05, 0.1) is 5.69 Å². The van der Waals surface area contributed by atoms with E-state index in [-0.39, 0.29) is 24.2 Å². The maximum Gasteiger partial charge on any atom is 0.264 e. The first-order chi connectivity index (χ1) is 13.6. The second-order valence-electron chi connectivity index (χ2n) is 6.28. The Kier molecular flexibility index (Phi) is 7.17. The van der Waals surface area contributed by atoms with Crippen molar-refractivity contribution < 1.29 is 14.3 Å². The maximum absolute atomic E-state index is 13.1. The van der Waals surface area contributed by atoms with Gasteiger partial charge in [-0.3, -0.25) is 14.5 Å². The van der Waals surface area contributed by atoms with Crippen molar-refractivity contribution in [1.82, 2.24) is 10.3 Å². The number of nitrogens with zero attached hydrogens (tertiary/aromatic N) is 2. The van der Waals surface area contributed by atoms with Gasteiger partial charge >= 0.3 is 0 Å². The highest BCUT2D eigenvalue weighted by molar-refractivity contribution is 7.99. The van der Waals surface area contributed by atoms with E-state index in [1.807, 2.05) is 11.8 Å². The quantitative estimate of drug-likeness (QED) is 0.651. The molecule has 6 nitrogen and oxygen atoms in total. The van der Waals surface area contributed by atoms with E-state index < -0.39 is 0 Å². The van der Waals surface area contributed by atoms with Gasteiger partial charge in [0.25, 0.3) is 5.91 Å². The Hall–Kier alpha value is -2.25. The Morgan fingerprint density at radius 3 is 3.00 bits per heavy atom. The molecule has 1 aliphatic rings. The second-order valence-corrected chi connectivity index (χ2v) is 7.94. The van der Waals surface area contributed by atoms with Crippen LogP contribution in [-0.4, -0.2) is 41.4 Å². The van der Waals surface area contributed by atoms with Gasteiger partial charge in [0.2, 0.25) is 11.8 Å². The number of anilines is 1. The van der Waals surface area contributed by atoms with Gasteiger partial charge in [-0.05, 0) is 54.7 Å². The standard InChI is InChI=1S/C20H22ClN3O3S/c1-2-10-28-11-4-9-22-18(25)13-24-16-12-14(21)6-7-17(16)27-19-15(20(24)26)5-3-8-23-19/h3,5-8,12H,2,4,9-11,13H2,1H3,(H,22,25). The van der Waals surface area contributed by atoms with Crippen molar-refractivity contribution in [2.45, 2.75) is 19.8 Å². The number of carbonyl (C=O) groups excluding carboxylic acids is 2. The van der Waals surface area contributed by atoms with Crippen molar-refractivity contribution in [1.29, 1.82) is 0 Å². The Balaban J connectivity index is 1.74. The molecule has 1 N–H and O–H groups in total. The average Bonchev–Trinajstić information content (AvgIpc) is 2.80. The lowest BCUT2D eigenvalue weighted by molar-refractivity contribution is -0.119. The molecule has 0 atom stereocenters. The summed E-state index contributed by atoms with van der Waals surface area (Å²) in [5, 5.41) is 3.33. The molecule has 1 aromatic heterocycles. The van der Waals surface area contributed by atoms with Crippen LogP contribution in [-0.2, 0) is 4.79 Å². The number of aromatic nitrogens is 1. The van der Waals surface area contributed by atoms with Crippen molar-refractivity contribution in [2.24, 2.45) is 0 Å². The van der Waals surface area contributed by atoms with Crippen LogP contribution in [0.3, 0.4) is 0 Å². The number of pyridine rings is 1. The van der Waals surface area contributed by atoms with Crippen molar-refractivity contribution in [3.8, 4) is 11.6 Å². The topological polar surface area (TPSA) is 71.5 Å². The van der Waals surface area contributed by atoms with Crippen LogP contribution in [0.25, 0.3) is 0 Å². The molecule has 0 saturated carbocycles. The number of hydrogen-bond acceptors (Lipinski definition) is 5. The molecule has 0 unspecified atom stereocenters. The highest BCUT2D eigenvalue weighted by Gasteiger charge is 2.30.